The Hall–Kier alpha value is -2.75. The summed E-state index contributed by atoms with van der Waals surface area (Å²) in [6.07, 6.45) is 0. The van der Waals surface area contributed by atoms with Crippen LogP contribution in [0.2, 0.25) is 5.02 Å². The van der Waals surface area contributed by atoms with Crippen LogP contribution in [0.3, 0.4) is 0 Å². The first-order valence-electron chi connectivity index (χ1n) is 10.1. The molecule has 0 atom stereocenters. The summed E-state index contributed by atoms with van der Waals surface area (Å²) < 4.78 is 17.3. The lowest BCUT2D eigenvalue weighted by atomic mass is 10.2. The van der Waals surface area contributed by atoms with Gasteiger partial charge in [0.2, 0.25) is 5.91 Å². The van der Waals surface area contributed by atoms with E-state index in [0.29, 0.717) is 52.3 Å². The van der Waals surface area contributed by atoms with E-state index >= 15 is 0 Å². The van der Waals surface area contributed by atoms with Crippen molar-refractivity contribution in [2.24, 2.45) is 0 Å². The van der Waals surface area contributed by atoms with E-state index in [1.807, 2.05) is 12.1 Å². The lowest BCUT2D eigenvalue weighted by Crippen LogP contribution is -2.29. The van der Waals surface area contributed by atoms with Crippen LogP contribution >= 0.6 is 23.4 Å². The Morgan fingerprint density at radius 3 is 2.58 bits per heavy atom. The molecule has 176 valence electrons. The van der Waals surface area contributed by atoms with Gasteiger partial charge in [-0.2, -0.15) is 0 Å². The molecule has 1 aromatic heterocycles. The number of ether oxygens (including phenoxy) is 3. The molecule has 8 nitrogen and oxygen atoms in total. The first-order chi connectivity index (χ1) is 15.9. The van der Waals surface area contributed by atoms with Gasteiger partial charge in [-0.1, -0.05) is 29.4 Å². The van der Waals surface area contributed by atoms with Gasteiger partial charge in [0, 0.05) is 25.7 Å². The molecule has 0 radical (unpaired) electrons. The molecule has 1 heterocycles. The highest BCUT2D eigenvalue weighted by atomic mass is 35.5. The maximum atomic E-state index is 13.0. The molecule has 0 fully saturated rings. The van der Waals surface area contributed by atoms with E-state index < -0.39 is 0 Å². The van der Waals surface area contributed by atoms with Crippen LogP contribution in [0.25, 0.3) is 10.9 Å². The Morgan fingerprint density at radius 2 is 1.88 bits per heavy atom. The molecule has 0 aliphatic heterocycles. The number of halogens is 1. The summed E-state index contributed by atoms with van der Waals surface area (Å²) in [6.45, 7) is 1.08. The number of aromatic nitrogens is 2. The number of fused-ring (bicyclic) bond motifs is 1. The number of hydrogen-bond acceptors (Lipinski definition) is 7. The monoisotopic (exact) mass is 491 g/mol. The van der Waals surface area contributed by atoms with Gasteiger partial charge < -0.3 is 19.1 Å². The number of nitrogens with zero attached hydrogens (tertiary/aromatic N) is 3. The average Bonchev–Trinajstić information content (AvgIpc) is 2.81. The molecule has 0 saturated heterocycles. The van der Waals surface area contributed by atoms with Gasteiger partial charge in [0.1, 0.15) is 0 Å². The maximum absolute atomic E-state index is 13.0. The van der Waals surface area contributed by atoms with Crippen LogP contribution in [0.5, 0.6) is 11.5 Å². The predicted molar refractivity (Wildman–Crippen MR) is 130 cm³/mol. The molecule has 2 aromatic carbocycles. The highest BCUT2D eigenvalue weighted by molar-refractivity contribution is 7.99. The first-order valence-corrected chi connectivity index (χ1v) is 11.5. The van der Waals surface area contributed by atoms with E-state index in [0.717, 1.165) is 5.56 Å². The fourth-order valence-electron chi connectivity index (χ4n) is 3.24. The molecule has 1 amide bonds. The second-order valence-corrected chi connectivity index (χ2v) is 8.61. The summed E-state index contributed by atoms with van der Waals surface area (Å²) in [6, 6.07) is 10.5. The number of rotatable bonds is 10. The lowest BCUT2D eigenvalue weighted by Gasteiger charge is -2.19. The molecule has 0 saturated carbocycles. The third kappa shape index (κ3) is 5.98. The summed E-state index contributed by atoms with van der Waals surface area (Å²) in [5.41, 5.74) is 1.21. The number of carbonyl (C=O) groups excluding carboxylic acids is 1. The van der Waals surface area contributed by atoms with Crippen LogP contribution in [0, 0.1) is 0 Å². The molecular formula is C23H26ClN3O5S. The normalized spacial score (nSPS) is 10.9. The van der Waals surface area contributed by atoms with Crippen LogP contribution in [0.15, 0.2) is 46.3 Å². The Kier molecular flexibility index (Phi) is 8.60. The second-order valence-electron chi connectivity index (χ2n) is 7.23. The summed E-state index contributed by atoms with van der Waals surface area (Å²) in [4.78, 5) is 32.0. The first kappa shape index (κ1) is 24.9. The van der Waals surface area contributed by atoms with Crippen molar-refractivity contribution in [1.29, 1.82) is 0 Å². The third-order valence-electron chi connectivity index (χ3n) is 5.02. The van der Waals surface area contributed by atoms with Gasteiger partial charge in [0.25, 0.3) is 5.56 Å². The number of methoxy groups -OCH3 is 3. The van der Waals surface area contributed by atoms with Gasteiger partial charge >= 0.3 is 0 Å². The Morgan fingerprint density at radius 1 is 1.12 bits per heavy atom. The van der Waals surface area contributed by atoms with E-state index in [1.165, 1.54) is 16.3 Å². The minimum atomic E-state index is -0.192. The molecule has 0 N–H and O–H groups in total. The highest BCUT2D eigenvalue weighted by Gasteiger charge is 2.16. The predicted octanol–water partition coefficient (Wildman–Crippen LogP) is 3.46. The van der Waals surface area contributed by atoms with Gasteiger partial charge in [-0.15, -0.1) is 0 Å². The van der Waals surface area contributed by atoms with Crippen molar-refractivity contribution in [3.8, 4) is 11.5 Å². The van der Waals surface area contributed by atoms with Crippen LogP contribution < -0.4 is 15.0 Å². The average molecular weight is 492 g/mol. The molecule has 0 aliphatic carbocycles. The zero-order valence-electron chi connectivity index (χ0n) is 19.0. The van der Waals surface area contributed by atoms with Crippen LogP contribution in [-0.4, -0.2) is 61.1 Å². The van der Waals surface area contributed by atoms with Crippen molar-refractivity contribution in [2.75, 3.05) is 40.7 Å². The third-order valence-corrected chi connectivity index (χ3v) is 6.22. The highest BCUT2D eigenvalue weighted by Crippen LogP contribution is 2.28. The van der Waals surface area contributed by atoms with E-state index in [4.69, 9.17) is 25.8 Å². The number of benzene rings is 2. The van der Waals surface area contributed by atoms with Gasteiger partial charge in [0.05, 0.1) is 44.0 Å². The molecule has 10 heteroatoms. The zero-order valence-corrected chi connectivity index (χ0v) is 20.5. The topological polar surface area (TPSA) is 82.9 Å². The summed E-state index contributed by atoms with van der Waals surface area (Å²) in [5, 5.41) is 1.40. The van der Waals surface area contributed by atoms with Gasteiger partial charge in [-0.3, -0.25) is 14.2 Å². The van der Waals surface area contributed by atoms with Crippen molar-refractivity contribution >= 4 is 40.2 Å². The van der Waals surface area contributed by atoms with Crippen LogP contribution in [0.1, 0.15) is 5.56 Å². The molecular weight excluding hydrogens is 466 g/mol. The molecule has 0 spiro atoms. The van der Waals surface area contributed by atoms with Gasteiger partial charge in [0.15, 0.2) is 16.7 Å². The summed E-state index contributed by atoms with van der Waals surface area (Å²) in [5.74, 6) is 1.25. The smallest absolute Gasteiger partial charge is 0.262 e. The van der Waals surface area contributed by atoms with Crippen molar-refractivity contribution in [3.63, 3.8) is 0 Å². The van der Waals surface area contributed by atoms with E-state index in [9.17, 15) is 9.59 Å². The SMILES string of the molecule is COCCn1c(SCC(=O)N(C)Cc2ccc(OC)c(OC)c2)nc2cc(Cl)ccc2c1=O. The summed E-state index contributed by atoms with van der Waals surface area (Å²) >= 11 is 7.29. The number of amides is 1. The molecule has 3 aromatic rings. The largest absolute Gasteiger partial charge is 0.493 e. The van der Waals surface area contributed by atoms with Crippen molar-refractivity contribution < 1.29 is 19.0 Å². The lowest BCUT2D eigenvalue weighted by molar-refractivity contribution is -0.127. The van der Waals surface area contributed by atoms with Gasteiger partial charge in [-0.05, 0) is 35.9 Å². The molecule has 33 heavy (non-hydrogen) atoms. The second kappa shape index (κ2) is 11.4. The standard InChI is InChI=1S/C23H26ClN3O5S/c1-26(13-15-5-8-19(31-3)20(11-15)32-4)21(28)14-33-23-25-18-12-16(24)6-7-17(18)22(29)27(23)9-10-30-2/h5-8,11-12H,9-10,13-14H2,1-4H3. The van der Waals surface area contributed by atoms with Crippen LogP contribution in [-0.2, 0) is 22.6 Å². The fraction of sp³-hybridized carbons (Fsp3) is 0.348. The van der Waals surface area contributed by atoms with Crippen molar-refractivity contribution in [1.82, 2.24) is 14.5 Å². The minimum Gasteiger partial charge on any atom is -0.493 e. The number of carbonyl (C=O) groups is 1. The number of hydrogen-bond donors (Lipinski definition) is 0. The fourth-order valence-corrected chi connectivity index (χ4v) is 4.37. The molecule has 0 aliphatic rings. The zero-order chi connectivity index (χ0) is 24.0. The van der Waals surface area contributed by atoms with Crippen molar-refractivity contribution in [3.05, 3.63) is 57.3 Å². The molecule has 0 unspecified atom stereocenters. The van der Waals surface area contributed by atoms with E-state index in [-0.39, 0.29) is 17.2 Å². The maximum Gasteiger partial charge on any atom is 0.262 e. The Bertz CT molecular complexity index is 1200. The van der Waals surface area contributed by atoms with Gasteiger partial charge in [-0.25, -0.2) is 4.98 Å². The Labute approximate surface area is 201 Å². The van der Waals surface area contributed by atoms with Crippen LogP contribution in [0.4, 0.5) is 0 Å². The van der Waals surface area contributed by atoms with E-state index in [2.05, 4.69) is 4.98 Å². The number of thioether (sulfide) groups is 1. The molecule has 3 rings (SSSR count). The van der Waals surface area contributed by atoms with Crippen molar-refractivity contribution in [2.45, 2.75) is 18.2 Å². The quantitative estimate of drug-likeness (QED) is 0.317. The molecule has 0 bridgehead atoms. The minimum absolute atomic E-state index is 0.103. The summed E-state index contributed by atoms with van der Waals surface area (Å²) in [7, 11) is 6.44. The van der Waals surface area contributed by atoms with E-state index in [1.54, 1.807) is 57.5 Å². The Balaban J connectivity index is 1.77.